The Labute approximate surface area is 91.5 Å². The van der Waals surface area contributed by atoms with Crippen LogP contribution in [0, 0.1) is 5.92 Å². The summed E-state index contributed by atoms with van der Waals surface area (Å²) in [4.78, 5) is 10.6. The molecule has 0 spiro atoms. The van der Waals surface area contributed by atoms with Crippen molar-refractivity contribution in [2.75, 3.05) is 0 Å². The largest absolute Gasteiger partial charge is 0.303 e. The molecule has 1 saturated carbocycles. The van der Waals surface area contributed by atoms with Gasteiger partial charge in [0.2, 0.25) is 0 Å². The van der Waals surface area contributed by atoms with Crippen LogP contribution in [0.4, 0.5) is 0 Å². The molecule has 2 atom stereocenters. The lowest BCUT2D eigenvalue weighted by Crippen LogP contribution is -2.18. The van der Waals surface area contributed by atoms with Crippen molar-refractivity contribution >= 4 is 6.29 Å². The van der Waals surface area contributed by atoms with Gasteiger partial charge in [0.1, 0.15) is 6.29 Å². The summed E-state index contributed by atoms with van der Waals surface area (Å²) in [5, 5.41) is 0. The van der Waals surface area contributed by atoms with Gasteiger partial charge in [0.05, 0.1) is 0 Å². The molecule has 0 amide bonds. The van der Waals surface area contributed by atoms with E-state index in [1.165, 1.54) is 31.2 Å². The number of aldehydes is 1. The molecule has 0 saturated heterocycles. The Kier molecular flexibility index (Phi) is 3.54. The highest BCUT2D eigenvalue weighted by Crippen LogP contribution is 2.38. The second-order valence-corrected chi connectivity index (χ2v) is 4.46. The van der Waals surface area contributed by atoms with Crippen LogP contribution in [0.3, 0.4) is 0 Å². The average molecular weight is 202 g/mol. The summed E-state index contributed by atoms with van der Waals surface area (Å²) >= 11 is 0. The molecular formula is C14H18O. The molecule has 80 valence electrons. The van der Waals surface area contributed by atoms with Gasteiger partial charge in [0.25, 0.3) is 0 Å². The van der Waals surface area contributed by atoms with Crippen LogP contribution in [-0.4, -0.2) is 6.29 Å². The summed E-state index contributed by atoms with van der Waals surface area (Å²) in [5.74, 6) is 1.20. The zero-order valence-electron chi connectivity index (χ0n) is 9.06. The molecule has 1 fully saturated rings. The second kappa shape index (κ2) is 5.11. The van der Waals surface area contributed by atoms with Gasteiger partial charge in [-0.1, -0.05) is 43.2 Å². The van der Waals surface area contributed by atoms with Gasteiger partial charge < -0.3 is 4.79 Å². The fourth-order valence-electron chi connectivity index (χ4n) is 2.75. The Bertz CT molecular complexity index is 304. The lowest BCUT2D eigenvalue weighted by Gasteiger charge is -2.30. The molecule has 1 aromatic carbocycles. The molecule has 0 aromatic heterocycles. The molecule has 1 aliphatic rings. The summed E-state index contributed by atoms with van der Waals surface area (Å²) in [5.41, 5.74) is 1.42. The van der Waals surface area contributed by atoms with Crippen LogP contribution >= 0.6 is 0 Å². The lowest BCUT2D eigenvalue weighted by atomic mass is 9.74. The molecule has 2 rings (SSSR count). The van der Waals surface area contributed by atoms with E-state index in [1.807, 2.05) is 0 Å². The minimum absolute atomic E-state index is 0.582. The van der Waals surface area contributed by atoms with E-state index in [9.17, 15) is 4.79 Å². The Balaban J connectivity index is 2.14. The van der Waals surface area contributed by atoms with Crippen LogP contribution in [0.25, 0.3) is 0 Å². The Morgan fingerprint density at radius 1 is 1.13 bits per heavy atom. The van der Waals surface area contributed by atoms with Gasteiger partial charge in [0.15, 0.2) is 0 Å². The zero-order valence-corrected chi connectivity index (χ0v) is 9.06. The van der Waals surface area contributed by atoms with Crippen molar-refractivity contribution < 1.29 is 4.79 Å². The van der Waals surface area contributed by atoms with Crippen LogP contribution in [-0.2, 0) is 4.79 Å². The maximum atomic E-state index is 10.6. The number of carbonyl (C=O) groups excluding carboxylic acids is 1. The van der Waals surface area contributed by atoms with Crippen LogP contribution in [0.5, 0.6) is 0 Å². The van der Waals surface area contributed by atoms with Gasteiger partial charge in [-0.25, -0.2) is 0 Å². The fraction of sp³-hybridized carbons (Fsp3) is 0.500. The molecule has 1 aromatic rings. The molecule has 0 N–H and O–H groups in total. The SMILES string of the molecule is O=CC[C@@H]1CCCC[C@H]1c1ccccc1. The number of carbonyl (C=O) groups is 1. The zero-order chi connectivity index (χ0) is 10.5. The van der Waals surface area contributed by atoms with E-state index in [2.05, 4.69) is 30.3 Å². The minimum atomic E-state index is 0.582. The van der Waals surface area contributed by atoms with Crippen molar-refractivity contribution in [1.82, 2.24) is 0 Å². The summed E-state index contributed by atoms with van der Waals surface area (Å²) < 4.78 is 0. The maximum Gasteiger partial charge on any atom is 0.120 e. The Morgan fingerprint density at radius 2 is 1.87 bits per heavy atom. The van der Waals surface area contributed by atoms with Gasteiger partial charge in [-0.05, 0) is 30.2 Å². The Morgan fingerprint density at radius 3 is 2.60 bits per heavy atom. The molecule has 0 unspecified atom stereocenters. The highest BCUT2D eigenvalue weighted by molar-refractivity contribution is 5.50. The van der Waals surface area contributed by atoms with Crippen molar-refractivity contribution in [2.45, 2.75) is 38.0 Å². The van der Waals surface area contributed by atoms with Gasteiger partial charge in [-0.2, -0.15) is 0 Å². The molecule has 0 heterocycles. The molecule has 15 heavy (non-hydrogen) atoms. The van der Waals surface area contributed by atoms with E-state index >= 15 is 0 Å². The number of hydrogen-bond acceptors (Lipinski definition) is 1. The highest BCUT2D eigenvalue weighted by atomic mass is 16.1. The molecular weight excluding hydrogens is 184 g/mol. The smallest absolute Gasteiger partial charge is 0.120 e. The van der Waals surface area contributed by atoms with Crippen LogP contribution in [0.2, 0.25) is 0 Å². The second-order valence-electron chi connectivity index (χ2n) is 4.46. The van der Waals surface area contributed by atoms with Gasteiger partial charge >= 0.3 is 0 Å². The van der Waals surface area contributed by atoms with E-state index in [0.717, 1.165) is 12.7 Å². The summed E-state index contributed by atoms with van der Waals surface area (Å²) in [6, 6.07) is 10.7. The first-order chi connectivity index (χ1) is 7.42. The van der Waals surface area contributed by atoms with E-state index < -0.39 is 0 Å². The first kappa shape index (κ1) is 10.4. The standard InChI is InChI=1S/C14H18O/c15-11-10-13-8-4-5-9-14(13)12-6-2-1-3-7-12/h1-3,6-7,11,13-14H,4-5,8-10H2/t13-,14-/m0/s1. The normalized spacial score (nSPS) is 26.1. The third-order valence-electron chi connectivity index (χ3n) is 3.54. The number of rotatable bonds is 3. The third kappa shape index (κ3) is 2.47. The predicted molar refractivity (Wildman–Crippen MR) is 61.8 cm³/mol. The average Bonchev–Trinajstić information content (AvgIpc) is 2.31. The van der Waals surface area contributed by atoms with E-state index in [0.29, 0.717) is 11.8 Å². The monoisotopic (exact) mass is 202 g/mol. The molecule has 0 bridgehead atoms. The van der Waals surface area contributed by atoms with Crippen molar-refractivity contribution in [3.8, 4) is 0 Å². The third-order valence-corrected chi connectivity index (χ3v) is 3.54. The van der Waals surface area contributed by atoms with Crippen molar-refractivity contribution in [3.05, 3.63) is 35.9 Å². The lowest BCUT2D eigenvalue weighted by molar-refractivity contribution is -0.108. The first-order valence-corrected chi connectivity index (χ1v) is 5.90. The van der Waals surface area contributed by atoms with E-state index in [4.69, 9.17) is 0 Å². The van der Waals surface area contributed by atoms with Crippen molar-refractivity contribution in [1.29, 1.82) is 0 Å². The topological polar surface area (TPSA) is 17.1 Å². The van der Waals surface area contributed by atoms with Crippen molar-refractivity contribution in [3.63, 3.8) is 0 Å². The molecule has 1 nitrogen and oxygen atoms in total. The molecule has 0 aliphatic heterocycles. The molecule has 1 aliphatic carbocycles. The fourth-order valence-corrected chi connectivity index (χ4v) is 2.75. The van der Waals surface area contributed by atoms with Crippen molar-refractivity contribution in [2.24, 2.45) is 5.92 Å². The summed E-state index contributed by atoms with van der Waals surface area (Å²) in [6.45, 7) is 0. The van der Waals surface area contributed by atoms with Crippen LogP contribution < -0.4 is 0 Å². The van der Waals surface area contributed by atoms with E-state index in [-0.39, 0.29) is 0 Å². The van der Waals surface area contributed by atoms with Crippen LogP contribution in [0.15, 0.2) is 30.3 Å². The predicted octanol–water partition coefficient (Wildman–Crippen LogP) is 3.55. The molecule has 0 radical (unpaired) electrons. The summed E-state index contributed by atoms with van der Waals surface area (Å²) in [6.07, 6.45) is 6.91. The molecule has 1 heteroatoms. The van der Waals surface area contributed by atoms with E-state index in [1.54, 1.807) is 0 Å². The van der Waals surface area contributed by atoms with Gasteiger partial charge in [-0.15, -0.1) is 0 Å². The quantitative estimate of drug-likeness (QED) is 0.685. The maximum absolute atomic E-state index is 10.6. The minimum Gasteiger partial charge on any atom is -0.303 e. The highest BCUT2D eigenvalue weighted by Gasteiger charge is 2.25. The first-order valence-electron chi connectivity index (χ1n) is 5.90. The number of benzene rings is 1. The van der Waals surface area contributed by atoms with Gasteiger partial charge in [-0.3, -0.25) is 0 Å². The number of hydrogen-bond donors (Lipinski definition) is 0. The summed E-state index contributed by atoms with van der Waals surface area (Å²) in [7, 11) is 0. The van der Waals surface area contributed by atoms with Crippen LogP contribution in [0.1, 0.15) is 43.6 Å². The Hall–Kier alpha value is -1.11. The van der Waals surface area contributed by atoms with Gasteiger partial charge in [0, 0.05) is 6.42 Å².